The Morgan fingerprint density at radius 2 is 2.08 bits per heavy atom. The van der Waals surface area contributed by atoms with Crippen molar-refractivity contribution in [2.75, 3.05) is 6.61 Å². The van der Waals surface area contributed by atoms with Gasteiger partial charge in [0, 0.05) is 11.6 Å². The van der Waals surface area contributed by atoms with Gasteiger partial charge in [-0.2, -0.15) is 0 Å². The summed E-state index contributed by atoms with van der Waals surface area (Å²) in [6, 6.07) is 9.19. The highest BCUT2D eigenvalue weighted by molar-refractivity contribution is 6.17. The van der Waals surface area contributed by atoms with Crippen LogP contribution in [0.2, 0.25) is 0 Å². The first kappa shape index (κ1) is 16.5. The molecule has 0 bridgehead atoms. The van der Waals surface area contributed by atoms with Crippen LogP contribution in [0, 0.1) is 6.92 Å². The highest BCUT2D eigenvalue weighted by Crippen LogP contribution is 2.28. The molecule has 0 unspecified atom stereocenters. The van der Waals surface area contributed by atoms with Crippen LogP contribution in [0.4, 0.5) is 0 Å². The van der Waals surface area contributed by atoms with Gasteiger partial charge in [0.1, 0.15) is 29.6 Å². The number of benzene rings is 1. The van der Waals surface area contributed by atoms with Crippen molar-refractivity contribution < 1.29 is 18.3 Å². The van der Waals surface area contributed by atoms with E-state index in [9.17, 15) is 0 Å². The van der Waals surface area contributed by atoms with Gasteiger partial charge in [-0.1, -0.05) is 6.07 Å². The van der Waals surface area contributed by atoms with Crippen molar-refractivity contribution in [2.45, 2.75) is 26.3 Å². The molecule has 0 aliphatic rings. The summed E-state index contributed by atoms with van der Waals surface area (Å²) in [5, 5.41) is 0. The number of aryl methyl sites for hydroxylation is 1. The van der Waals surface area contributed by atoms with E-state index in [4.69, 9.17) is 29.9 Å². The van der Waals surface area contributed by atoms with E-state index in [1.54, 1.807) is 18.4 Å². The van der Waals surface area contributed by atoms with E-state index in [1.807, 2.05) is 32.0 Å². The van der Waals surface area contributed by atoms with Crippen LogP contribution in [0.15, 0.2) is 45.4 Å². The molecule has 6 heteroatoms. The van der Waals surface area contributed by atoms with E-state index < -0.39 is 0 Å². The van der Waals surface area contributed by atoms with Crippen molar-refractivity contribution in [3.8, 4) is 23.1 Å². The van der Waals surface area contributed by atoms with Crippen LogP contribution in [-0.2, 0) is 12.5 Å². The Kier molecular flexibility index (Phi) is 5.11. The standard InChI is InChI=1S/C18H18ClNO4/c1-3-21-17-9-14(7-6-13(17)10-19)23-11-15-12(2)24-18(20-15)16-5-4-8-22-16/h4-9H,3,10-11H2,1-2H3. The number of hydrogen-bond donors (Lipinski definition) is 0. The third-order valence-electron chi connectivity index (χ3n) is 3.48. The Morgan fingerprint density at radius 1 is 1.21 bits per heavy atom. The van der Waals surface area contributed by atoms with Crippen molar-refractivity contribution in [2.24, 2.45) is 0 Å². The lowest BCUT2D eigenvalue weighted by atomic mass is 10.2. The minimum absolute atomic E-state index is 0.293. The van der Waals surface area contributed by atoms with Gasteiger partial charge < -0.3 is 18.3 Å². The topological polar surface area (TPSA) is 57.6 Å². The van der Waals surface area contributed by atoms with Gasteiger partial charge in [-0.3, -0.25) is 0 Å². The molecule has 3 aromatic rings. The Bertz CT molecular complexity index is 795. The number of aromatic nitrogens is 1. The van der Waals surface area contributed by atoms with E-state index in [1.165, 1.54) is 0 Å². The molecule has 0 N–H and O–H groups in total. The van der Waals surface area contributed by atoms with Crippen LogP contribution in [-0.4, -0.2) is 11.6 Å². The van der Waals surface area contributed by atoms with Crippen molar-refractivity contribution in [3.05, 3.63) is 53.6 Å². The summed E-state index contributed by atoms with van der Waals surface area (Å²) in [6.07, 6.45) is 1.58. The predicted molar refractivity (Wildman–Crippen MR) is 90.4 cm³/mol. The maximum atomic E-state index is 5.91. The second-order valence-electron chi connectivity index (χ2n) is 5.12. The highest BCUT2D eigenvalue weighted by Gasteiger charge is 2.14. The molecule has 24 heavy (non-hydrogen) atoms. The van der Waals surface area contributed by atoms with Gasteiger partial charge in [-0.15, -0.1) is 11.6 Å². The number of nitrogens with zero attached hydrogens (tertiary/aromatic N) is 1. The molecule has 0 amide bonds. The molecule has 2 aromatic heterocycles. The van der Waals surface area contributed by atoms with Crippen LogP contribution in [0.25, 0.3) is 11.7 Å². The summed E-state index contributed by atoms with van der Waals surface area (Å²) in [6.45, 7) is 4.64. The Labute approximate surface area is 145 Å². The lowest BCUT2D eigenvalue weighted by Gasteiger charge is -2.11. The molecule has 126 valence electrons. The third-order valence-corrected chi connectivity index (χ3v) is 3.77. The number of alkyl halides is 1. The van der Waals surface area contributed by atoms with Gasteiger partial charge in [0.05, 0.1) is 18.8 Å². The van der Waals surface area contributed by atoms with Gasteiger partial charge in [-0.25, -0.2) is 4.98 Å². The van der Waals surface area contributed by atoms with Crippen molar-refractivity contribution in [1.29, 1.82) is 0 Å². The predicted octanol–water partition coefficient (Wildman–Crippen LogP) is 4.96. The Morgan fingerprint density at radius 3 is 2.79 bits per heavy atom. The van der Waals surface area contributed by atoms with Crippen molar-refractivity contribution in [3.63, 3.8) is 0 Å². The van der Waals surface area contributed by atoms with Crippen LogP contribution >= 0.6 is 11.6 Å². The summed E-state index contributed by atoms with van der Waals surface area (Å²) in [5.74, 6) is 3.55. The van der Waals surface area contributed by atoms with Gasteiger partial charge in [0.15, 0.2) is 5.76 Å². The largest absolute Gasteiger partial charge is 0.493 e. The first-order valence-electron chi connectivity index (χ1n) is 7.66. The summed E-state index contributed by atoms with van der Waals surface area (Å²) >= 11 is 5.91. The van der Waals surface area contributed by atoms with Crippen molar-refractivity contribution >= 4 is 11.6 Å². The zero-order valence-electron chi connectivity index (χ0n) is 13.5. The van der Waals surface area contributed by atoms with Crippen LogP contribution in [0.5, 0.6) is 11.5 Å². The SMILES string of the molecule is CCOc1cc(OCc2nc(-c3ccco3)oc2C)ccc1CCl. The molecule has 0 fully saturated rings. The van der Waals surface area contributed by atoms with Gasteiger partial charge >= 0.3 is 0 Å². The smallest absolute Gasteiger partial charge is 0.263 e. The second-order valence-corrected chi connectivity index (χ2v) is 5.39. The quantitative estimate of drug-likeness (QED) is 0.565. The average molecular weight is 348 g/mol. The number of halogens is 1. The molecule has 0 atom stereocenters. The number of hydrogen-bond acceptors (Lipinski definition) is 5. The van der Waals surface area contributed by atoms with Gasteiger partial charge in [0.25, 0.3) is 5.89 Å². The van der Waals surface area contributed by atoms with Crippen LogP contribution in [0.3, 0.4) is 0 Å². The molecule has 2 heterocycles. The zero-order valence-corrected chi connectivity index (χ0v) is 14.3. The molecule has 0 radical (unpaired) electrons. The minimum Gasteiger partial charge on any atom is -0.493 e. The maximum Gasteiger partial charge on any atom is 0.263 e. The number of furan rings is 1. The fourth-order valence-electron chi connectivity index (χ4n) is 2.24. The molecule has 3 rings (SSSR count). The molecule has 1 aromatic carbocycles. The molecule has 0 aliphatic carbocycles. The molecule has 0 spiro atoms. The first-order chi connectivity index (χ1) is 11.7. The fourth-order valence-corrected chi connectivity index (χ4v) is 2.46. The number of oxazole rings is 1. The first-order valence-corrected chi connectivity index (χ1v) is 8.19. The summed E-state index contributed by atoms with van der Waals surface area (Å²) in [5.41, 5.74) is 1.66. The van der Waals surface area contributed by atoms with E-state index in [2.05, 4.69) is 4.98 Å². The average Bonchev–Trinajstić information content (AvgIpc) is 3.23. The Hall–Kier alpha value is -2.40. The third kappa shape index (κ3) is 3.57. The van der Waals surface area contributed by atoms with Crippen LogP contribution in [0.1, 0.15) is 23.9 Å². The summed E-state index contributed by atoms with van der Waals surface area (Å²) in [7, 11) is 0. The molecule has 0 saturated heterocycles. The van der Waals surface area contributed by atoms with E-state index in [-0.39, 0.29) is 0 Å². The van der Waals surface area contributed by atoms with Gasteiger partial charge in [0.2, 0.25) is 0 Å². The zero-order chi connectivity index (χ0) is 16.9. The molecule has 0 aliphatic heterocycles. The summed E-state index contributed by atoms with van der Waals surface area (Å²) < 4.78 is 22.3. The molecular formula is C18H18ClNO4. The monoisotopic (exact) mass is 347 g/mol. The van der Waals surface area contributed by atoms with E-state index >= 15 is 0 Å². The van der Waals surface area contributed by atoms with E-state index in [0.717, 1.165) is 17.0 Å². The van der Waals surface area contributed by atoms with Gasteiger partial charge in [-0.05, 0) is 32.0 Å². The van der Waals surface area contributed by atoms with Crippen LogP contribution < -0.4 is 9.47 Å². The normalized spacial score (nSPS) is 10.8. The lowest BCUT2D eigenvalue weighted by molar-refractivity contribution is 0.293. The fraction of sp³-hybridized carbons (Fsp3) is 0.278. The van der Waals surface area contributed by atoms with E-state index in [0.29, 0.717) is 42.3 Å². The minimum atomic E-state index is 0.293. The molecule has 0 saturated carbocycles. The lowest BCUT2D eigenvalue weighted by Crippen LogP contribution is -2.00. The number of ether oxygens (including phenoxy) is 2. The number of rotatable bonds is 7. The molecule has 5 nitrogen and oxygen atoms in total. The molecular weight excluding hydrogens is 330 g/mol. The second kappa shape index (κ2) is 7.45. The highest BCUT2D eigenvalue weighted by atomic mass is 35.5. The van der Waals surface area contributed by atoms with Crippen molar-refractivity contribution in [1.82, 2.24) is 4.98 Å². The Balaban J connectivity index is 1.73. The summed E-state index contributed by atoms with van der Waals surface area (Å²) in [4.78, 5) is 4.42. The maximum absolute atomic E-state index is 5.91.